The number of rotatable bonds is 6. The van der Waals surface area contributed by atoms with Crippen molar-refractivity contribution < 1.29 is 9.13 Å². The Hall–Kier alpha value is -1.59. The van der Waals surface area contributed by atoms with Crippen LogP contribution in [0.25, 0.3) is 0 Å². The minimum Gasteiger partial charge on any atom is -0.485 e. The molecule has 21 heavy (non-hydrogen) atoms. The van der Waals surface area contributed by atoms with Crippen LogP contribution in [0.3, 0.4) is 0 Å². The summed E-state index contributed by atoms with van der Waals surface area (Å²) in [6.07, 6.45) is 1.56. The van der Waals surface area contributed by atoms with Crippen molar-refractivity contribution in [2.75, 3.05) is 6.54 Å². The van der Waals surface area contributed by atoms with Gasteiger partial charge in [-0.3, -0.25) is 0 Å². The molecule has 0 amide bonds. The number of imidazole rings is 1. The first-order chi connectivity index (χ1) is 10.0. The lowest BCUT2D eigenvalue weighted by Gasteiger charge is -2.17. The molecule has 2 rings (SSSR count). The van der Waals surface area contributed by atoms with Gasteiger partial charge in [0.15, 0.2) is 0 Å². The Morgan fingerprint density at radius 1 is 1.48 bits per heavy atom. The van der Waals surface area contributed by atoms with E-state index in [1.54, 1.807) is 16.8 Å². The quantitative estimate of drug-likeness (QED) is 0.888. The van der Waals surface area contributed by atoms with E-state index in [2.05, 4.69) is 10.3 Å². The summed E-state index contributed by atoms with van der Waals surface area (Å²) < 4.78 is 20.9. The van der Waals surface area contributed by atoms with Gasteiger partial charge in [0, 0.05) is 24.7 Å². The largest absolute Gasteiger partial charge is 0.485 e. The van der Waals surface area contributed by atoms with Gasteiger partial charge in [-0.1, -0.05) is 24.6 Å². The molecule has 1 atom stereocenters. The highest BCUT2D eigenvalue weighted by atomic mass is 35.5. The molecule has 1 aromatic carbocycles. The van der Waals surface area contributed by atoms with Gasteiger partial charge in [0.1, 0.15) is 29.2 Å². The van der Waals surface area contributed by atoms with Crippen LogP contribution in [-0.2, 0) is 13.7 Å². The summed E-state index contributed by atoms with van der Waals surface area (Å²) in [5.41, 5.74) is 0.915. The van der Waals surface area contributed by atoms with Crippen LogP contribution in [0, 0.1) is 5.82 Å². The van der Waals surface area contributed by atoms with Crippen LogP contribution in [0.15, 0.2) is 24.4 Å². The summed E-state index contributed by atoms with van der Waals surface area (Å²) in [5, 5.41) is 3.83. The first kappa shape index (κ1) is 15.8. The van der Waals surface area contributed by atoms with Crippen LogP contribution < -0.4 is 10.1 Å². The molecule has 0 saturated carbocycles. The average molecular weight is 312 g/mol. The first-order valence-electron chi connectivity index (χ1n) is 6.84. The molecular weight excluding hydrogens is 293 g/mol. The Kier molecular flexibility index (Phi) is 5.20. The highest BCUT2D eigenvalue weighted by molar-refractivity contribution is 6.29. The summed E-state index contributed by atoms with van der Waals surface area (Å²) in [6, 6.07) is 4.65. The van der Waals surface area contributed by atoms with Gasteiger partial charge in [-0.05, 0) is 19.5 Å². The zero-order valence-electron chi connectivity index (χ0n) is 12.4. The van der Waals surface area contributed by atoms with Gasteiger partial charge in [0.2, 0.25) is 0 Å². The van der Waals surface area contributed by atoms with E-state index in [0.717, 1.165) is 12.1 Å². The molecule has 0 aliphatic heterocycles. The van der Waals surface area contributed by atoms with E-state index in [9.17, 15) is 4.39 Å². The smallest absolute Gasteiger partial charge is 0.147 e. The third-order valence-electron chi connectivity index (χ3n) is 3.34. The van der Waals surface area contributed by atoms with Gasteiger partial charge in [0.05, 0.1) is 6.20 Å². The Labute approximate surface area is 128 Å². The SMILES string of the molecule is CCNC(C)c1ccc(F)cc1OCc1ncc(Cl)n1C. The standard InChI is InChI=1S/C15H19ClFN3O/c1-4-18-10(2)12-6-5-11(17)7-13(12)21-9-15-19-8-14(16)20(15)3/h5-8,10,18H,4,9H2,1-3H3. The predicted molar refractivity (Wildman–Crippen MR) is 81.0 cm³/mol. The molecule has 0 bridgehead atoms. The highest BCUT2D eigenvalue weighted by Crippen LogP contribution is 2.27. The maximum Gasteiger partial charge on any atom is 0.147 e. The molecule has 1 N–H and O–H groups in total. The van der Waals surface area contributed by atoms with Crippen molar-refractivity contribution >= 4 is 11.6 Å². The molecule has 2 aromatic rings. The summed E-state index contributed by atoms with van der Waals surface area (Å²) in [4.78, 5) is 4.16. The van der Waals surface area contributed by atoms with Gasteiger partial charge in [-0.15, -0.1) is 0 Å². The number of benzene rings is 1. The van der Waals surface area contributed by atoms with E-state index in [1.165, 1.54) is 12.1 Å². The topological polar surface area (TPSA) is 39.1 Å². The molecule has 1 heterocycles. The summed E-state index contributed by atoms with van der Waals surface area (Å²) >= 11 is 5.93. The fourth-order valence-corrected chi connectivity index (χ4v) is 2.25. The molecule has 0 aliphatic carbocycles. The normalized spacial score (nSPS) is 12.4. The number of hydrogen-bond acceptors (Lipinski definition) is 3. The Morgan fingerprint density at radius 2 is 2.24 bits per heavy atom. The van der Waals surface area contributed by atoms with E-state index >= 15 is 0 Å². The molecule has 0 spiro atoms. The van der Waals surface area contributed by atoms with Crippen LogP contribution in [0.4, 0.5) is 4.39 Å². The van der Waals surface area contributed by atoms with Gasteiger partial charge in [-0.25, -0.2) is 9.37 Å². The van der Waals surface area contributed by atoms with Crippen molar-refractivity contribution in [1.82, 2.24) is 14.9 Å². The van der Waals surface area contributed by atoms with Crippen LogP contribution in [0.1, 0.15) is 31.3 Å². The number of hydrogen-bond donors (Lipinski definition) is 1. The molecule has 0 fully saturated rings. The molecular formula is C15H19ClFN3O. The van der Waals surface area contributed by atoms with Crippen molar-refractivity contribution in [1.29, 1.82) is 0 Å². The van der Waals surface area contributed by atoms with Gasteiger partial charge >= 0.3 is 0 Å². The number of nitrogens with zero attached hydrogens (tertiary/aromatic N) is 2. The summed E-state index contributed by atoms with van der Waals surface area (Å²) in [6.45, 7) is 5.10. The second-order valence-electron chi connectivity index (χ2n) is 4.81. The second-order valence-corrected chi connectivity index (χ2v) is 5.19. The fourth-order valence-electron chi connectivity index (χ4n) is 2.11. The van der Waals surface area contributed by atoms with Crippen molar-refractivity contribution in [3.05, 3.63) is 46.8 Å². The summed E-state index contributed by atoms with van der Waals surface area (Å²) in [7, 11) is 1.81. The lowest BCUT2D eigenvalue weighted by molar-refractivity contribution is 0.284. The zero-order chi connectivity index (χ0) is 15.4. The van der Waals surface area contributed by atoms with Gasteiger partial charge in [-0.2, -0.15) is 0 Å². The van der Waals surface area contributed by atoms with Crippen molar-refractivity contribution in [3.63, 3.8) is 0 Å². The van der Waals surface area contributed by atoms with Gasteiger partial charge in [0.25, 0.3) is 0 Å². The molecule has 0 saturated heterocycles. The first-order valence-corrected chi connectivity index (χ1v) is 7.22. The molecule has 114 valence electrons. The molecule has 6 heteroatoms. The molecule has 1 unspecified atom stereocenters. The molecule has 0 radical (unpaired) electrons. The number of aromatic nitrogens is 2. The number of ether oxygens (including phenoxy) is 1. The van der Waals surface area contributed by atoms with Gasteiger partial charge < -0.3 is 14.6 Å². The zero-order valence-corrected chi connectivity index (χ0v) is 13.1. The maximum atomic E-state index is 13.5. The third-order valence-corrected chi connectivity index (χ3v) is 3.69. The Morgan fingerprint density at radius 3 is 2.86 bits per heavy atom. The van der Waals surface area contributed by atoms with Crippen molar-refractivity contribution in [2.24, 2.45) is 7.05 Å². The van der Waals surface area contributed by atoms with Crippen LogP contribution in [-0.4, -0.2) is 16.1 Å². The minimum absolute atomic E-state index is 0.0792. The highest BCUT2D eigenvalue weighted by Gasteiger charge is 2.13. The molecule has 4 nitrogen and oxygen atoms in total. The van der Waals surface area contributed by atoms with Crippen LogP contribution in [0.5, 0.6) is 5.75 Å². The monoisotopic (exact) mass is 311 g/mol. The molecule has 0 aliphatic rings. The van der Waals surface area contributed by atoms with Crippen LogP contribution >= 0.6 is 11.6 Å². The van der Waals surface area contributed by atoms with Crippen molar-refractivity contribution in [3.8, 4) is 5.75 Å². The van der Waals surface area contributed by atoms with Crippen LogP contribution in [0.2, 0.25) is 5.15 Å². The predicted octanol–water partition coefficient (Wildman–Crippen LogP) is 3.46. The summed E-state index contributed by atoms with van der Waals surface area (Å²) in [5.74, 6) is 0.879. The third kappa shape index (κ3) is 3.74. The lowest BCUT2D eigenvalue weighted by Crippen LogP contribution is -2.18. The average Bonchev–Trinajstić information content (AvgIpc) is 2.77. The fraction of sp³-hybridized carbons (Fsp3) is 0.400. The second kappa shape index (κ2) is 6.91. The Balaban J connectivity index is 2.18. The van der Waals surface area contributed by atoms with E-state index in [-0.39, 0.29) is 18.5 Å². The van der Waals surface area contributed by atoms with E-state index < -0.39 is 0 Å². The molecule has 1 aromatic heterocycles. The number of nitrogens with one attached hydrogen (secondary N) is 1. The Bertz CT molecular complexity index is 615. The number of halogens is 2. The lowest BCUT2D eigenvalue weighted by atomic mass is 10.1. The van der Waals surface area contributed by atoms with E-state index in [1.807, 2.05) is 20.9 Å². The van der Waals surface area contributed by atoms with Crippen molar-refractivity contribution in [2.45, 2.75) is 26.5 Å². The van der Waals surface area contributed by atoms with E-state index in [4.69, 9.17) is 16.3 Å². The minimum atomic E-state index is -0.324. The van der Waals surface area contributed by atoms with E-state index in [0.29, 0.717) is 16.7 Å². The maximum absolute atomic E-state index is 13.5.